The fraction of sp³-hybridized carbons (Fsp3) is 0.611. The highest BCUT2D eigenvalue weighted by Gasteiger charge is 2.45. The standard InChI is InChI=1S/C18H25BrN2O/c1-17(20)8-3-2-7-15(17)16(22)21-12-18(9-10-18)13-5-4-6-14(19)11-13/h4-6,11,15H,2-3,7-10,12,20H2,1H3,(H,21,22). The minimum atomic E-state index is -0.352. The summed E-state index contributed by atoms with van der Waals surface area (Å²) in [5.74, 6) is 0.102. The first kappa shape index (κ1) is 16.0. The zero-order valence-corrected chi connectivity index (χ0v) is 14.8. The number of nitrogens with one attached hydrogen (secondary N) is 1. The third kappa shape index (κ3) is 3.23. The highest BCUT2D eigenvalue weighted by atomic mass is 79.9. The Morgan fingerprint density at radius 3 is 2.77 bits per heavy atom. The van der Waals surface area contributed by atoms with E-state index in [4.69, 9.17) is 5.73 Å². The summed E-state index contributed by atoms with van der Waals surface area (Å²) < 4.78 is 1.10. The molecule has 0 bridgehead atoms. The Labute approximate surface area is 141 Å². The number of amides is 1. The van der Waals surface area contributed by atoms with Crippen molar-refractivity contribution in [2.24, 2.45) is 11.7 Å². The van der Waals surface area contributed by atoms with Gasteiger partial charge in [0, 0.05) is 22.0 Å². The fourth-order valence-electron chi connectivity index (χ4n) is 3.71. The van der Waals surface area contributed by atoms with Gasteiger partial charge in [0.25, 0.3) is 0 Å². The predicted molar refractivity (Wildman–Crippen MR) is 92.6 cm³/mol. The molecule has 3 N–H and O–H groups in total. The molecule has 2 aliphatic rings. The van der Waals surface area contributed by atoms with Gasteiger partial charge in [-0.05, 0) is 50.3 Å². The normalized spacial score (nSPS) is 29.9. The second kappa shape index (κ2) is 5.97. The SMILES string of the molecule is CC1(N)CCCCC1C(=O)NCC1(c2cccc(Br)c2)CC1. The van der Waals surface area contributed by atoms with Gasteiger partial charge < -0.3 is 11.1 Å². The van der Waals surface area contributed by atoms with Crippen molar-refractivity contribution in [1.29, 1.82) is 0 Å². The molecule has 4 heteroatoms. The Morgan fingerprint density at radius 2 is 2.14 bits per heavy atom. The molecule has 3 nitrogen and oxygen atoms in total. The van der Waals surface area contributed by atoms with Crippen LogP contribution in [-0.2, 0) is 10.2 Å². The average Bonchev–Trinajstić information content (AvgIpc) is 3.25. The first-order valence-electron chi connectivity index (χ1n) is 8.26. The highest BCUT2D eigenvalue weighted by molar-refractivity contribution is 9.10. The van der Waals surface area contributed by atoms with Crippen LogP contribution in [0.5, 0.6) is 0 Å². The van der Waals surface area contributed by atoms with Crippen molar-refractivity contribution < 1.29 is 4.79 Å². The molecule has 2 fully saturated rings. The lowest BCUT2D eigenvalue weighted by molar-refractivity contribution is -0.128. The summed E-state index contributed by atoms with van der Waals surface area (Å²) in [6, 6.07) is 8.45. The van der Waals surface area contributed by atoms with Gasteiger partial charge in [-0.15, -0.1) is 0 Å². The molecule has 2 aliphatic carbocycles. The van der Waals surface area contributed by atoms with E-state index in [0.717, 1.165) is 49.5 Å². The lowest BCUT2D eigenvalue weighted by atomic mass is 9.74. The number of nitrogens with two attached hydrogens (primary N) is 1. The summed E-state index contributed by atoms with van der Waals surface area (Å²) in [5.41, 5.74) is 7.45. The predicted octanol–water partition coefficient (Wildman–Crippen LogP) is 3.50. The van der Waals surface area contributed by atoms with Crippen molar-refractivity contribution in [3.05, 3.63) is 34.3 Å². The lowest BCUT2D eigenvalue weighted by Gasteiger charge is -2.37. The van der Waals surface area contributed by atoms with E-state index in [0.29, 0.717) is 0 Å². The van der Waals surface area contributed by atoms with Crippen LogP contribution in [0.4, 0.5) is 0 Å². The molecular formula is C18H25BrN2O. The van der Waals surface area contributed by atoms with E-state index in [1.807, 2.05) is 13.0 Å². The smallest absolute Gasteiger partial charge is 0.224 e. The zero-order valence-electron chi connectivity index (χ0n) is 13.2. The van der Waals surface area contributed by atoms with E-state index in [1.165, 1.54) is 5.56 Å². The molecule has 0 spiro atoms. The first-order valence-corrected chi connectivity index (χ1v) is 9.05. The van der Waals surface area contributed by atoms with Gasteiger partial charge in [-0.3, -0.25) is 4.79 Å². The van der Waals surface area contributed by atoms with Gasteiger partial charge >= 0.3 is 0 Å². The first-order chi connectivity index (χ1) is 10.4. The zero-order chi connectivity index (χ0) is 15.8. The highest BCUT2D eigenvalue weighted by Crippen LogP contribution is 2.48. The summed E-state index contributed by atoms with van der Waals surface area (Å²) in [6.45, 7) is 2.76. The minimum Gasteiger partial charge on any atom is -0.355 e. The fourth-order valence-corrected chi connectivity index (χ4v) is 4.10. The van der Waals surface area contributed by atoms with Crippen LogP contribution in [0.3, 0.4) is 0 Å². The molecule has 1 amide bonds. The van der Waals surface area contributed by atoms with Gasteiger partial charge in [0.2, 0.25) is 5.91 Å². The topological polar surface area (TPSA) is 55.1 Å². The van der Waals surface area contributed by atoms with Gasteiger partial charge in [0.15, 0.2) is 0 Å². The van der Waals surface area contributed by atoms with Crippen molar-refractivity contribution in [1.82, 2.24) is 5.32 Å². The Hall–Kier alpha value is -0.870. The van der Waals surface area contributed by atoms with Gasteiger partial charge in [0.05, 0.1) is 5.92 Å². The van der Waals surface area contributed by atoms with Crippen LogP contribution >= 0.6 is 15.9 Å². The number of carbonyl (C=O) groups is 1. The van der Waals surface area contributed by atoms with E-state index in [-0.39, 0.29) is 22.8 Å². The molecule has 1 aromatic carbocycles. The average molecular weight is 365 g/mol. The second-order valence-corrected chi connectivity index (χ2v) is 8.23. The van der Waals surface area contributed by atoms with Crippen molar-refractivity contribution >= 4 is 21.8 Å². The van der Waals surface area contributed by atoms with Crippen molar-refractivity contribution in [3.63, 3.8) is 0 Å². The Kier molecular flexibility index (Phi) is 4.34. The number of benzene rings is 1. The lowest BCUT2D eigenvalue weighted by Crippen LogP contribution is -2.53. The third-order valence-corrected chi connectivity index (χ3v) is 5.96. The van der Waals surface area contributed by atoms with Gasteiger partial charge in [-0.25, -0.2) is 0 Å². The van der Waals surface area contributed by atoms with Gasteiger partial charge in [-0.1, -0.05) is 40.9 Å². The Balaban J connectivity index is 1.64. The number of hydrogen-bond acceptors (Lipinski definition) is 2. The Bertz CT molecular complexity index is 566. The molecule has 22 heavy (non-hydrogen) atoms. The van der Waals surface area contributed by atoms with Crippen molar-refractivity contribution in [3.8, 4) is 0 Å². The molecule has 2 atom stereocenters. The molecule has 0 radical (unpaired) electrons. The molecule has 0 aromatic heterocycles. The van der Waals surface area contributed by atoms with Gasteiger partial charge in [0.1, 0.15) is 0 Å². The maximum Gasteiger partial charge on any atom is 0.224 e. The summed E-state index contributed by atoms with van der Waals surface area (Å²) >= 11 is 3.54. The van der Waals surface area contributed by atoms with E-state index >= 15 is 0 Å². The molecule has 2 saturated carbocycles. The molecule has 1 aromatic rings. The van der Waals surface area contributed by atoms with Crippen LogP contribution < -0.4 is 11.1 Å². The summed E-state index contributed by atoms with van der Waals surface area (Å²) in [6.07, 6.45) is 6.41. The van der Waals surface area contributed by atoms with Crippen LogP contribution in [-0.4, -0.2) is 18.0 Å². The molecule has 0 saturated heterocycles. The van der Waals surface area contributed by atoms with Gasteiger partial charge in [-0.2, -0.15) is 0 Å². The van der Waals surface area contributed by atoms with E-state index in [2.05, 4.69) is 39.4 Å². The largest absolute Gasteiger partial charge is 0.355 e. The maximum atomic E-state index is 12.6. The molecule has 120 valence electrons. The van der Waals surface area contributed by atoms with E-state index in [9.17, 15) is 4.79 Å². The summed E-state index contributed by atoms with van der Waals surface area (Å²) in [4.78, 5) is 12.6. The third-order valence-electron chi connectivity index (χ3n) is 5.46. The molecular weight excluding hydrogens is 340 g/mol. The second-order valence-electron chi connectivity index (χ2n) is 7.31. The number of hydrogen-bond donors (Lipinski definition) is 2. The van der Waals surface area contributed by atoms with Crippen molar-refractivity contribution in [2.45, 2.75) is 56.4 Å². The van der Waals surface area contributed by atoms with Crippen LogP contribution in [0.15, 0.2) is 28.7 Å². The molecule has 2 unspecified atom stereocenters. The maximum absolute atomic E-state index is 12.6. The molecule has 3 rings (SSSR count). The molecule has 0 aliphatic heterocycles. The monoisotopic (exact) mass is 364 g/mol. The van der Waals surface area contributed by atoms with Crippen molar-refractivity contribution in [2.75, 3.05) is 6.54 Å². The van der Waals surface area contributed by atoms with Crippen LogP contribution in [0.2, 0.25) is 0 Å². The number of rotatable bonds is 4. The quantitative estimate of drug-likeness (QED) is 0.858. The minimum absolute atomic E-state index is 0.0421. The van der Waals surface area contributed by atoms with E-state index in [1.54, 1.807) is 0 Å². The van der Waals surface area contributed by atoms with Crippen LogP contribution in [0.1, 0.15) is 51.0 Å². The number of carbonyl (C=O) groups excluding carboxylic acids is 1. The van der Waals surface area contributed by atoms with Crippen LogP contribution in [0.25, 0.3) is 0 Å². The summed E-state index contributed by atoms with van der Waals surface area (Å²) in [7, 11) is 0. The number of halogens is 1. The molecule has 0 heterocycles. The van der Waals surface area contributed by atoms with Crippen LogP contribution in [0, 0.1) is 5.92 Å². The summed E-state index contributed by atoms with van der Waals surface area (Å²) in [5, 5.41) is 3.19. The van der Waals surface area contributed by atoms with E-state index < -0.39 is 0 Å². The Morgan fingerprint density at radius 1 is 1.36 bits per heavy atom.